The Morgan fingerprint density at radius 3 is 2.62 bits per heavy atom. The second-order valence-electron chi connectivity index (χ2n) is 9.16. The standard InChI is InChI=1S/C24H29FN4O2S/c1-24(2,3)29-22(17-4-6-18(25)7-5-17)20(15-28-29)23-27-14-19(32-23)12-21(30)26-13-16-8-10-31-11-9-16/h4-7,14-16H,8-13H2,1-3H3,(H,26,30). The summed E-state index contributed by atoms with van der Waals surface area (Å²) in [5.41, 5.74) is 2.39. The molecule has 4 rings (SSSR count). The van der Waals surface area contributed by atoms with Gasteiger partial charge in [0.25, 0.3) is 0 Å². The van der Waals surface area contributed by atoms with Crippen LogP contribution in [0, 0.1) is 11.7 Å². The van der Waals surface area contributed by atoms with Gasteiger partial charge < -0.3 is 10.1 Å². The van der Waals surface area contributed by atoms with Crippen molar-refractivity contribution in [2.45, 2.75) is 45.6 Å². The lowest BCUT2D eigenvalue weighted by Gasteiger charge is -2.23. The van der Waals surface area contributed by atoms with E-state index in [1.165, 1.54) is 23.5 Å². The fraction of sp³-hybridized carbons (Fsp3) is 0.458. The molecule has 0 saturated carbocycles. The number of aromatic nitrogens is 3. The van der Waals surface area contributed by atoms with E-state index in [-0.39, 0.29) is 17.3 Å². The Morgan fingerprint density at radius 1 is 1.22 bits per heavy atom. The van der Waals surface area contributed by atoms with Crippen molar-refractivity contribution < 1.29 is 13.9 Å². The van der Waals surface area contributed by atoms with Crippen LogP contribution in [0.3, 0.4) is 0 Å². The van der Waals surface area contributed by atoms with Crippen molar-refractivity contribution in [1.29, 1.82) is 0 Å². The lowest BCUT2D eigenvalue weighted by Crippen LogP contribution is -2.32. The Balaban J connectivity index is 1.52. The van der Waals surface area contributed by atoms with Crippen molar-refractivity contribution in [3.05, 3.63) is 47.4 Å². The Labute approximate surface area is 191 Å². The first-order valence-electron chi connectivity index (χ1n) is 11.0. The molecule has 0 radical (unpaired) electrons. The highest BCUT2D eigenvalue weighted by molar-refractivity contribution is 7.15. The average molecular weight is 457 g/mol. The highest BCUT2D eigenvalue weighted by Crippen LogP contribution is 2.37. The largest absolute Gasteiger partial charge is 0.381 e. The molecule has 1 aromatic carbocycles. The van der Waals surface area contributed by atoms with Gasteiger partial charge in [0.2, 0.25) is 5.91 Å². The van der Waals surface area contributed by atoms with Gasteiger partial charge in [-0.05, 0) is 63.8 Å². The van der Waals surface area contributed by atoms with Crippen LogP contribution in [0.15, 0.2) is 36.7 Å². The normalized spacial score (nSPS) is 15.1. The molecule has 1 fully saturated rings. The molecule has 3 heterocycles. The van der Waals surface area contributed by atoms with E-state index in [0.717, 1.165) is 52.8 Å². The average Bonchev–Trinajstić information content (AvgIpc) is 3.40. The Kier molecular flexibility index (Phi) is 6.71. The molecular formula is C24H29FN4O2S. The number of ether oxygens (including phenoxy) is 1. The summed E-state index contributed by atoms with van der Waals surface area (Å²) in [6.07, 6.45) is 5.86. The number of halogens is 1. The molecular weight excluding hydrogens is 427 g/mol. The van der Waals surface area contributed by atoms with E-state index in [4.69, 9.17) is 4.74 Å². The van der Waals surface area contributed by atoms with Crippen molar-refractivity contribution in [3.63, 3.8) is 0 Å². The van der Waals surface area contributed by atoms with Crippen LogP contribution in [0.25, 0.3) is 21.8 Å². The number of thiazole rings is 1. The van der Waals surface area contributed by atoms with E-state index in [0.29, 0.717) is 18.9 Å². The molecule has 0 atom stereocenters. The summed E-state index contributed by atoms with van der Waals surface area (Å²) in [6.45, 7) is 8.47. The number of hydrogen-bond donors (Lipinski definition) is 1. The lowest BCUT2D eigenvalue weighted by atomic mass is 10.0. The smallest absolute Gasteiger partial charge is 0.225 e. The second kappa shape index (κ2) is 9.50. The molecule has 32 heavy (non-hydrogen) atoms. The minimum absolute atomic E-state index is 0.0100. The van der Waals surface area contributed by atoms with Gasteiger partial charge in [-0.2, -0.15) is 5.10 Å². The van der Waals surface area contributed by atoms with Crippen LogP contribution < -0.4 is 5.32 Å². The Hall–Kier alpha value is -2.58. The maximum Gasteiger partial charge on any atom is 0.225 e. The Morgan fingerprint density at radius 2 is 1.94 bits per heavy atom. The van der Waals surface area contributed by atoms with E-state index in [1.807, 2.05) is 4.68 Å². The topological polar surface area (TPSA) is 69.0 Å². The monoisotopic (exact) mass is 456 g/mol. The third-order valence-corrected chi connectivity index (χ3v) is 6.60. The number of hydrogen-bond acceptors (Lipinski definition) is 5. The van der Waals surface area contributed by atoms with Crippen LogP contribution >= 0.6 is 11.3 Å². The first-order valence-corrected chi connectivity index (χ1v) is 11.8. The zero-order valence-corrected chi connectivity index (χ0v) is 19.5. The van der Waals surface area contributed by atoms with Crippen LogP contribution in [0.1, 0.15) is 38.5 Å². The SMILES string of the molecule is CC(C)(C)n1ncc(-c2ncc(CC(=O)NCC3CCOCC3)s2)c1-c1ccc(F)cc1. The molecule has 0 spiro atoms. The third kappa shape index (κ3) is 5.24. The molecule has 1 saturated heterocycles. The second-order valence-corrected chi connectivity index (χ2v) is 10.3. The fourth-order valence-corrected chi connectivity index (χ4v) is 4.76. The molecule has 170 valence electrons. The maximum absolute atomic E-state index is 13.5. The third-order valence-electron chi connectivity index (χ3n) is 5.57. The Bertz CT molecular complexity index is 1060. The minimum atomic E-state index is -0.277. The van der Waals surface area contributed by atoms with E-state index < -0.39 is 0 Å². The van der Waals surface area contributed by atoms with Crippen LogP contribution in [-0.2, 0) is 21.5 Å². The summed E-state index contributed by atoms with van der Waals surface area (Å²) in [6, 6.07) is 6.43. The van der Waals surface area contributed by atoms with Gasteiger partial charge in [-0.25, -0.2) is 9.37 Å². The van der Waals surface area contributed by atoms with Crippen molar-refractivity contribution in [2.24, 2.45) is 5.92 Å². The summed E-state index contributed by atoms with van der Waals surface area (Å²) >= 11 is 1.49. The van der Waals surface area contributed by atoms with Gasteiger partial charge in [0.05, 0.1) is 29.4 Å². The van der Waals surface area contributed by atoms with Crippen molar-refractivity contribution in [1.82, 2.24) is 20.1 Å². The van der Waals surface area contributed by atoms with Crippen molar-refractivity contribution >= 4 is 17.2 Å². The zero-order chi connectivity index (χ0) is 22.7. The molecule has 1 aliphatic heterocycles. The molecule has 0 aliphatic carbocycles. The first kappa shape index (κ1) is 22.6. The molecule has 6 nitrogen and oxygen atoms in total. The number of benzene rings is 1. The summed E-state index contributed by atoms with van der Waals surface area (Å²) in [7, 11) is 0. The molecule has 0 bridgehead atoms. The maximum atomic E-state index is 13.5. The zero-order valence-electron chi connectivity index (χ0n) is 18.7. The van der Waals surface area contributed by atoms with Gasteiger partial charge >= 0.3 is 0 Å². The number of rotatable bonds is 6. The van der Waals surface area contributed by atoms with Crippen molar-refractivity contribution in [2.75, 3.05) is 19.8 Å². The molecule has 1 amide bonds. The number of nitrogens with one attached hydrogen (secondary N) is 1. The van der Waals surface area contributed by atoms with Gasteiger partial charge in [0.15, 0.2) is 0 Å². The first-order chi connectivity index (χ1) is 15.3. The van der Waals surface area contributed by atoms with Crippen LogP contribution in [0.5, 0.6) is 0 Å². The fourth-order valence-electron chi connectivity index (χ4n) is 3.84. The minimum Gasteiger partial charge on any atom is -0.381 e. The molecule has 1 aliphatic rings. The summed E-state index contributed by atoms with van der Waals surface area (Å²) in [4.78, 5) is 17.9. The highest BCUT2D eigenvalue weighted by atomic mass is 32.1. The predicted octanol–water partition coefficient (Wildman–Crippen LogP) is 4.65. The van der Waals surface area contributed by atoms with Gasteiger partial charge in [-0.15, -0.1) is 11.3 Å². The van der Waals surface area contributed by atoms with Crippen LogP contribution in [-0.4, -0.2) is 40.4 Å². The number of amides is 1. The molecule has 8 heteroatoms. The van der Waals surface area contributed by atoms with E-state index in [2.05, 4.69) is 36.2 Å². The molecule has 2 aromatic heterocycles. The van der Waals surface area contributed by atoms with E-state index in [1.54, 1.807) is 24.5 Å². The number of carbonyl (C=O) groups excluding carboxylic acids is 1. The van der Waals surface area contributed by atoms with Gasteiger partial charge in [-0.3, -0.25) is 9.48 Å². The molecule has 3 aromatic rings. The van der Waals surface area contributed by atoms with Gasteiger partial charge in [0.1, 0.15) is 10.8 Å². The van der Waals surface area contributed by atoms with Gasteiger partial charge in [0, 0.05) is 36.4 Å². The van der Waals surface area contributed by atoms with Crippen molar-refractivity contribution in [3.8, 4) is 21.8 Å². The van der Waals surface area contributed by atoms with Gasteiger partial charge in [-0.1, -0.05) is 0 Å². The number of nitrogens with zero attached hydrogens (tertiary/aromatic N) is 3. The quantitative estimate of drug-likeness (QED) is 0.586. The lowest BCUT2D eigenvalue weighted by molar-refractivity contribution is -0.120. The van der Waals surface area contributed by atoms with E-state index >= 15 is 0 Å². The van der Waals surface area contributed by atoms with Crippen LogP contribution in [0.2, 0.25) is 0 Å². The summed E-state index contributed by atoms with van der Waals surface area (Å²) < 4.78 is 20.8. The highest BCUT2D eigenvalue weighted by Gasteiger charge is 2.24. The summed E-state index contributed by atoms with van der Waals surface area (Å²) in [5.74, 6) is 0.225. The molecule has 1 N–H and O–H groups in total. The molecule has 0 unspecified atom stereocenters. The number of carbonyl (C=O) groups is 1. The predicted molar refractivity (Wildman–Crippen MR) is 124 cm³/mol. The summed E-state index contributed by atoms with van der Waals surface area (Å²) in [5, 5.41) is 8.46. The van der Waals surface area contributed by atoms with E-state index in [9.17, 15) is 9.18 Å². The van der Waals surface area contributed by atoms with Crippen LogP contribution in [0.4, 0.5) is 4.39 Å².